The van der Waals surface area contributed by atoms with Crippen molar-refractivity contribution in [1.29, 1.82) is 0 Å². The molecule has 0 spiro atoms. The summed E-state index contributed by atoms with van der Waals surface area (Å²) < 4.78 is 11.1. The second kappa shape index (κ2) is 7.77. The van der Waals surface area contributed by atoms with Gasteiger partial charge in [-0.1, -0.05) is 12.1 Å². The summed E-state index contributed by atoms with van der Waals surface area (Å²) in [4.78, 5) is 25.4. The van der Waals surface area contributed by atoms with Crippen LogP contribution in [0.1, 0.15) is 25.3 Å². The molecule has 1 aromatic carbocycles. The molecule has 130 valence electrons. The molecule has 1 aromatic rings. The molecule has 2 aliphatic rings. The second-order valence-corrected chi connectivity index (χ2v) is 6.38. The van der Waals surface area contributed by atoms with Crippen molar-refractivity contribution in [2.24, 2.45) is 5.92 Å². The summed E-state index contributed by atoms with van der Waals surface area (Å²) in [7, 11) is 0. The third kappa shape index (κ3) is 4.33. The predicted octanol–water partition coefficient (Wildman–Crippen LogP) is 1.80. The Bertz CT molecular complexity index is 573. The topological polar surface area (TPSA) is 67.9 Å². The Morgan fingerprint density at radius 3 is 2.33 bits per heavy atom. The van der Waals surface area contributed by atoms with Crippen LogP contribution in [-0.2, 0) is 25.5 Å². The highest BCUT2D eigenvalue weighted by Gasteiger charge is 2.31. The number of benzene rings is 1. The maximum atomic E-state index is 12.5. The molecule has 2 aliphatic heterocycles. The molecule has 6 heteroatoms. The van der Waals surface area contributed by atoms with Gasteiger partial charge in [0.1, 0.15) is 0 Å². The van der Waals surface area contributed by atoms with Gasteiger partial charge in [0.2, 0.25) is 11.8 Å². The van der Waals surface area contributed by atoms with Gasteiger partial charge < -0.3 is 19.7 Å². The van der Waals surface area contributed by atoms with Crippen molar-refractivity contribution in [2.75, 3.05) is 31.6 Å². The van der Waals surface area contributed by atoms with E-state index in [0.29, 0.717) is 25.6 Å². The average Bonchev–Trinajstić information content (AvgIpc) is 3.11. The van der Waals surface area contributed by atoms with Gasteiger partial charge in [0.15, 0.2) is 6.29 Å². The van der Waals surface area contributed by atoms with Gasteiger partial charge in [-0.15, -0.1) is 0 Å². The molecule has 2 saturated heterocycles. The number of carbonyl (C=O) groups excluding carboxylic acids is 2. The normalized spacial score (nSPS) is 19.5. The molecule has 0 aromatic heterocycles. The molecule has 2 amide bonds. The molecule has 0 radical (unpaired) electrons. The highest BCUT2D eigenvalue weighted by molar-refractivity contribution is 5.88. The zero-order valence-corrected chi connectivity index (χ0v) is 14.0. The molecular formula is C18H24N2O4. The first kappa shape index (κ1) is 16.9. The van der Waals surface area contributed by atoms with E-state index < -0.39 is 0 Å². The Morgan fingerprint density at radius 2 is 1.75 bits per heavy atom. The van der Waals surface area contributed by atoms with Gasteiger partial charge in [-0.2, -0.15) is 0 Å². The minimum atomic E-state index is -0.100. The second-order valence-electron chi connectivity index (χ2n) is 6.38. The Hall–Kier alpha value is -1.92. The molecule has 6 nitrogen and oxygen atoms in total. The molecule has 2 heterocycles. The Balaban J connectivity index is 1.47. The van der Waals surface area contributed by atoms with Gasteiger partial charge >= 0.3 is 0 Å². The molecule has 24 heavy (non-hydrogen) atoms. The number of piperidine rings is 1. The van der Waals surface area contributed by atoms with Gasteiger partial charge in [-0.05, 0) is 30.5 Å². The van der Waals surface area contributed by atoms with Crippen LogP contribution in [-0.4, -0.2) is 49.3 Å². The fraction of sp³-hybridized carbons (Fsp3) is 0.556. The van der Waals surface area contributed by atoms with E-state index in [-0.39, 0.29) is 18.1 Å². The zero-order valence-electron chi connectivity index (χ0n) is 14.0. The number of likely N-dealkylation sites (tertiary alicyclic amines) is 1. The van der Waals surface area contributed by atoms with Crippen molar-refractivity contribution in [1.82, 2.24) is 4.90 Å². The average molecular weight is 332 g/mol. The predicted molar refractivity (Wildman–Crippen MR) is 89.4 cm³/mol. The number of carbonyl (C=O) groups is 2. The largest absolute Gasteiger partial charge is 0.350 e. The third-order valence-electron chi connectivity index (χ3n) is 4.55. The van der Waals surface area contributed by atoms with Crippen LogP contribution in [0.2, 0.25) is 0 Å². The number of ether oxygens (including phenoxy) is 2. The summed E-state index contributed by atoms with van der Waals surface area (Å²) >= 11 is 0. The lowest BCUT2D eigenvalue weighted by molar-refractivity contribution is -0.136. The highest BCUT2D eigenvalue weighted by atomic mass is 16.7. The van der Waals surface area contributed by atoms with Crippen LogP contribution in [0.5, 0.6) is 0 Å². The first-order valence-electron chi connectivity index (χ1n) is 8.49. The summed E-state index contributed by atoms with van der Waals surface area (Å²) in [5.74, 6) is 0.444. The van der Waals surface area contributed by atoms with Gasteiger partial charge in [-0.25, -0.2) is 0 Å². The number of hydrogen-bond acceptors (Lipinski definition) is 4. The van der Waals surface area contributed by atoms with Crippen LogP contribution < -0.4 is 5.32 Å². The molecule has 3 rings (SSSR count). The van der Waals surface area contributed by atoms with Gasteiger partial charge in [0.25, 0.3) is 0 Å². The van der Waals surface area contributed by atoms with E-state index in [4.69, 9.17) is 9.47 Å². The summed E-state index contributed by atoms with van der Waals surface area (Å²) in [5, 5.41) is 2.72. The Kier molecular flexibility index (Phi) is 5.48. The van der Waals surface area contributed by atoms with Crippen LogP contribution in [0.15, 0.2) is 24.3 Å². The zero-order chi connectivity index (χ0) is 16.9. The fourth-order valence-corrected chi connectivity index (χ4v) is 3.27. The van der Waals surface area contributed by atoms with Crippen molar-refractivity contribution < 1.29 is 19.1 Å². The van der Waals surface area contributed by atoms with Crippen molar-refractivity contribution in [3.63, 3.8) is 0 Å². The van der Waals surface area contributed by atoms with E-state index >= 15 is 0 Å². The van der Waals surface area contributed by atoms with E-state index in [0.717, 1.165) is 37.2 Å². The number of hydrogen-bond donors (Lipinski definition) is 1. The molecule has 2 fully saturated rings. The molecular weight excluding hydrogens is 308 g/mol. The molecule has 1 N–H and O–H groups in total. The number of rotatable bonds is 4. The molecule has 0 saturated carbocycles. The monoisotopic (exact) mass is 332 g/mol. The summed E-state index contributed by atoms with van der Waals surface area (Å²) in [6.45, 7) is 4.35. The maximum Gasteiger partial charge on any atom is 0.226 e. The van der Waals surface area contributed by atoms with Gasteiger partial charge in [-0.3, -0.25) is 9.59 Å². The fourth-order valence-electron chi connectivity index (χ4n) is 3.27. The Labute approximate surface area is 142 Å². The SMILES string of the molecule is CC(=O)Nc1ccc(CC(=O)N2CCC(C3OCCO3)CC2)cc1. The molecule has 0 aliphatic carbocycles. The van der Waals surface area contributed by atoms with Gasteiger partial charge in [0.05, 0.1) is 19.6 Å². The third-order valence-corrected chi connectivity index (χ3v) is 4.55. The molecule has 0 atom stereocenters. The number of amides is 2. The lowest BCUT2D eigenvalue weighted by Gasteiger charge is -2.34. The minimum Gasteiger partial charge on any atom is -0.350 e. The Morgan fingerprint density at radius 1 is 1.12 bits per heavy atom. The lowest BCUT2D eigenvalue weighted by atomic mass is 9.95. The standard InChI is InChI=1S/C18H24N2O4/c1-13(21)19-16-4-2-14(3-5-16)12-17(22)20-8-6-15(7-9-20)18-23-10-11-24-18/h2-5,15,18H,6-12H2,1H3,(H,19,21). The van der Waals surface area contributed by atoms with Gasteiger partial charge in [0, 0.05) is 31.6 Å². The smallest absolute Gasteiger partial charge is 0.226 e. The first-order chi connectivity index (χ1) is 11.6. The van der Waals surface area contributed by atoms with E-state index in [1.165, 1.54) is 6.92 Å². The van der Waals surface area contributed by atoms with Crippen molar-refractivity contribution in [3.05, 3.63) is 29.8 Å². The van der Waals surface area contributed by atoms with Crippen LogP contribution in [0.3, 0.4) is 0 Å². The van der Waals surface area contributed by atoms with E-state index in [1.807, 2.05) is 29.2 Å². The van der Waals surface area contributed by atoms with Crippen molar-refractivity contribution in [3.8, 4) is 0 Å². The van der Waals surface area contributed by atoms with Crippen LogP contribution in [0.25, 0.3) is 0 Å². The summed E-state index contributed by atoms with van der Waals surface area (Å²) in [5.41, 5.74) is 1.70. The lowest BCUT2D eigenvalue weighted by Crippen LogP contribution is -2.42. The van der Waals surface area contributed by atoms with E-state index in [2.05, 4.69) is 5.32 Å². The quantitative estimate of drug-likeness (QED) is 0.913. The number of nitrogens with zero attached hydrogens (tertiary/aromatic N) is 1. The minimum absolute atomic E-state index is 0.0800. The van der Waals surface area contributed by atoms with E-state index in [9.17, 15) is 9.59 Å². The van der Waals surface area contributed by atoms with Crippen molar-refractivity contribution in [2.45, 2.75) is 32.5 Å². The molecule has 0 bridgehead atoms. The first-order valence-corrected chi connectivity index (χ1v) is 8.49. The highest BCUT2D eigenvalue weighted by Crippen LogP contribution is 2.26. The summed E-state index contributed by atoms with van der Waals surface area (Å²) in [6.07, 6.45) is 2.17. The van der Waals surface area contributed by atoms with E-state index in [1.54, 1.807) is 0 Å². The van der Waals surface area contributed by atoms with Crippen LogP contribution in [0.4, 0.5) is 5.69 Å². The number of nitrogens with one attached hydrogen (secondary N) is 1. The number of anilines is 1. The van der Waals surface area contributed by atoms with Crippen LogP contribution >= 0.6 is 0 Å². The molecule has 0 unspecified atom stereocenters. The summed E-state index contributed by atoms with van der Waals surface area (Å²) in [6, 6.07) is 7.42. The maximum absolute atomic E-state index is 12.5. The van der Waals surface area contributed by atoms with Crippen LogP contribution in [0, 0.1) is 5.92 Å². The van der Waals surface area contributed by atoms with Crippen molar-refractivity contribution >= 4 is 17.5 Å².